The Hall–Kier alpha value is -0.210. The van der Waals surface area contributed by atoms with Crippen molar-refractivity contribution >= 4 is 10.0 Å². The van der Waals surface area contributed by atoms with Crippen molar-refractivity contribution in [1.82, 2.24) is 14.5 Å². The zero-order chi connectivity index (χ0) is 16.4. The molecule has 0 aromatic rings. The Bertz CT molecular complexity index is 499. The second-order valence-electron chi connectivity index (χ2n) is 7.56. The number of hydrogen-bond acceptors (Lipinski definition) is 5. The van der Waals surface area contributed by atoms with Crippen molar-refractivity contribution < 1.29 is 13.2 Å². The fourth-order valence-corrected chi connectivity index (χ4v) is 5.23. The molecular weight excluding hydrogens is 314 g/mol. The van der Waals surface area contributed by atoms with Gasteiger partial charge in [0.25, 0.3) is 0 Å². The van der Waals surface area contributed by atoms with Crippen LogP contribution >= 0.6 is 0 Å². The van der Waals surface area contributed by atoms with Gasteiger partial charge in [0.05, 0.1) is 12.9 Å². The first-order valence-corrected chi connectivity index (χ1v) is 10.8. The van der Waals surface area contributed by atoms with Gasteiger partial charge in [0.15, 0.2) is 0 Å². The molecule has 4 heterocycles. The summed E-state index contributed by atoms with van der Waals surface area (Å²) in [6.07, 6.45) is 6.19. The summed E-state index contributed by atoms with van der Waals surface area (Å²) in [6.45, 7) is 6.05. The van der Waals surface area contributed by atoms with Gasteiger partial charge in [0.2, 0.25) is 10.0 Å². The predicted molar refractivity (Wildman–Crippen MR) is 90.9 cm³/mol. The maximum atomic E-state index is 11.3. The molecule has 0 saturated carbocycles. The molecule has 134 valence electrons. The van der Waals surface area contributed by atoms with E-state index >= 15 is 0 Å². The minimum absolute atomic E-state index is 0.382. The lowest BCUT2D eigenvalue weighted by Gasteiger charge is -2.51. The third kappa shape index (κ3) is 4.45. The molecule has 5 atom stereocenters. The number of rotatable bonds is 7. The lowest BCUT2D eigenvalue weighted by atomic mass is 9.75. The summed E-state index contributed by atoms with van der Waals surface area (Å²) in [5.74, 6) is 1.48. The smallest absolute Gasteiger partial charge is 0.208 e. The van der Waals surface area contributed by atoms with E-state index in [0.29, 0.717) is 18.6 Å². The van der Waals surface area contributed by atoms with Crippen LogP contribution in [-0.4, -0.2) is 83.0 Å². The minimum Gasteiger partial charge on any atom is -0.383 e. The number of nitrogens with zero attached hydrogens (tertiary/aromatic N) is 2. The van der Waals surface area contributed by atoms with Crippen LogP contribution in [0.3, 0.4) is 0 Å². The van der Waals surface area contributed by atoms with Crippen LogP contribution in [0.4, 0.5) is 0 Å². The molecule has 0 amide bonds. The van der Waals surface area contributed by atoms with Crippen molar-refractivity contribution in [3.8, 4) is 0 Å². The summed E-state index contributed by atoms with van der Waals surface area (Å²) in [6, 6.07) is 0.978. The SMILES string of the molecule is COCC1CCCN1CC1CN2CCC1CC2CNS(C)(=O)=O. The summed E-state index contributed by atoms with van der Waals surface area (Å²) in [5.41, 5.74) is 0. The zero-order valence-electron chi connectivity index (χ0n) is 14.4. The number of sulfonamides is 1. The Balaban J connectivity index is 1.53. The number of methoxy groups -OCH3 is 1. The van der Waals surface area contributed by atoms with Gasteiger partial charge in [-0.05, 0) is 50.6 Å². The number of hydrogen-bond donors (Lipinski definition) is 1. The van der Waals surface area contributed by atoms with E-state index in [1.807, 2.05) is 0 Å². The molecule has 23 heavy (non-hydrogen) atoms. The van der Waals surface area contributed by atoms with Crippen LogP contribution in [0.25, 0.3) is 0 Å². The average molecular weight is 346 g/mol. The standard InChI is InChI=1S/C16H31N3O3S/c1-22-12-15-4-3-6-18(15)10-14-11-19-7-5-13(14)8-16(19)9-17-23(2,20)21/h13-17H,3-12H2,1-2H3. The van der Waals surface area contributed by atoms with Crippen LogP contribution in [0.5, 0.6) is 0 Å². The van der Waals surface area contributed by atoms with Crippen LogP contribution in [0.2, 0.25) is 0 Å². The summed E-state index contributed by atoms with van der Waals surface area (Å²) in [5, 5.41) is 0. The molecule has 0 spiro atoms. The maximum absolute atomic E-state index is 11.3. The highest BCUT2D eigenvalue weighted by Crippen LogP contribution is 2.37. The second kappa shape index (κ2) is 7.35. The molecule has 0 aromatic heterocycles. The zero-order valence-corrected chi connectivity index (χ0v) is 15.2. The Morgan fingerprint density at radius 1 is 1.22 bits per heavy atom. The maximum Gasteiger partial charge on any atom is 0.208 e. The molecule has 7 heteroatoms. The van der Waals surface area contributed by atoms with Gasteiger partial charge in [0.1, 0.15) is 0 Å². The molecule has 4 aliphatic heterocycles. The number of nitrogens with one attached hydrogen (secondary N) is 1. The number of likely N-dealkylation sites (tertiary alicyclic amines) is 1. The fraction of sp³-hybridized carbons (Fsp3) is 1.00. The number of ether oxygens (including phenoxy) is 1. The van der Waals surface area contributed by atoms with Gasteiger partial charge in [-0.25, -0.2) is 13.1 Å². The Morgan fingerprint density at radius 2 is 2.04 bits per heavy atom. The third-order valence-electron chi connectivity index (χ3n) is 5.92. The second-order valence-corrected chi connectivity index (χ2v) is 9.39. The van der Waals surface area contributed by atoms with Crippen LogP contribution < -0.4 is 4.72 Å². The predicted octanol–water partition coefficient (Wildman–Crippen LogP) is 0.357. The van der Waals surface area contributed by atoms with Gasteiger partial charge in [-0.3, -0.25) is 9.80 Å². The summed E-state index contributed by atoms with van der Waals surface area (Å²) in [4.78, 5) is 5.13. The lowest BCUT2D eigenvalue weighted by Crippen LogP contribution is -2.58. The normalized spacial score (nSPS) is 38.3. The highest BCUT2D eigenvalue weighted by molar-refractivity contribution is 7.88. The summed E-state index contributed by atoms with van der Waals surface area (Å²) >= 11 is 0. The van der Waals surface area contributed by atoms with Crippen molar-refractivity contribution in [3.63, 3.8) is 0 Å². The van der Waals surface area contributed by atoms with Gasteiger partial charge >= 0.3 is 0 Å². The molecular formula is C16H31N3O3S. The number of fused-ring (bicyclic) bond motifs is 3. The Kier molecular flexibility index (Phi) is 5.63. The molecule has 6 nitrogen and oxygen atoms in total. The van der Waals surface area contributed by atoms with Crippen molar-refractivity contribution in [2.24, 2.45) is 11.8 Å². The van der Waals surface area contributed by atoms with Crippen molar-refractivity contribution in [3.05, 3.63) is 0 Å². The molecule has 4 aliphatic rings. The van der Waals surface area contributed by atoms with E-state index in [-0.39, 0.29) is 0 Å². The fourth-order valence-electron chi connectivity index (χ4n) is 4.73. The van der Waals surface area contributed by atoms with Gasteiger partial charge < -0.3 is 4.74 Å². The molecule has 4 fully saturated rings. The minimum atomic E-state index is -3.08. The lowest BCUT2D eigenvalue weighted by molar-refractivity contribution is -0.0156. The van der Waals surface area contributed by atoms with Crippen LogP contribution in [-0.2, 0) is 14.8 Å². The first kappa shape index (κ1) is 17.6. The molecule has 4 saturated heterocycles. The van der Waals surface area contributed by atoms with Gasteiger partial charge in [-0.1, -0.05) is 0 Å². The van der Waals surface area contributed by atoms with E-state index < -0.39 is 10.0 Å². The van der Waals surface area contributed by atoms with Crippen molar-refractivity contribution in [1.29, 1.82) is 0 Å². The molecule has 0 aliphatic carbocycles. The van der Waals surface area contributed by atoms with Gasteiger partial charge in [-0.2, -0.15) is 0 Å². The largest absolute Gasteiger partial charge is 0.383 e. The van der Waals surface area contributed by atoms with Gasteiger partial charge in [-0.15, -0.1) is 0 Å². The third-order valence-corrected chi connectivity index (χ3v) is 6.61. The molecule has 4 rings (SSSR count). The van der Waals surface area contributed by atoms with E-state index in [0.717, 1.165) is 38.0 Å². The molecule has 2 bridgehead atoms. The van der Waals surface area contributed by atoms with E-state index in [2.05, 4.69) is 14.5 Å². The van der Waals surface area contributed by atoms with E-state index in [1.54, 1.807) is 7.11 Å². The molecule has 1 N–H and O–H groups in total. The first-order chi connectivity index (χ1) is 11.0. The number of piperidine rings is 3. The van der Waals surface area contributed by atoms with Crippen molar-refractivity contribution in [2.45, 2.75) is 37.8 Å². The summed E-state index contributed by atoms with van der Waals surface area (Å²) < 4.78 is 30.7. The van der Waals surface area contributed by atoms with E-state index in [9.17, 15) is 8.42 Å². The average Bonchev–Trinajstić information content (AvgIpc) is 2.93. The quantitative estimate of drug-likeness (QED) is 0.722. The first-order valence-electron chi connectivity index (χ1n) is 8.88. The summed E-state index contributed by atoms with van der Waals surface area (Å²) in [7, 11) is -1.29. The van der Waals surface area contributed by atoms with Crippen LogP contribution in [0.1, 0.15) is 25.7 Å². The molecule has 0 aromatic carbocycles. The monoisotopic (exact) mass is 345 g/mol. The molecule has 5 unspecified atom stereocenters. The van der Waals surface area contributed by atoms with Gasteiger partial charge in [0, 0.05) is 38.8 Å². The van der Waals surface area contributed by atoms with Crippen molar-refractivity contribution in [2.75, 3.05) is 52.7 Å². The Labute approximate surface area is 140 Å². The highest BCUT2D eigenvalue weighted by atomic mass is 32.2. The topological polar surface area (TPSA) is 61.9 Å². The highest BCUT2D eigenvalue weighted by Gasteiger charge is 2.41. The van der Waals surface area contributed by atoms with E-state index in [1.165, 1.54) is 38.6 Å². The van der Waals surface area contributed by atoms with Crippen LogP contribution in [0.15, 0.2) is 0 Å². The molecule has 0 radical (unpaired) electrons. The Morgan fingerprint density at radius 3 is 2.70 bits per heavy atom. The van der Waals surface area contributed by atoms with E-state index in [4.69, 9.17) is 4.74 Å². The van der Waals surface area contributed by atoms with Crippen LogP contribution in [0, 0.1) is 11.8 Å².